The van der Waals surface area contributed by atoms with Gasteiger partial charge in [0.2, 0.25) is 0 Å². The first-order valence-corrected chi connectivity index (χ1v) is 3.26. The molecule has 0 bridgehead atoms. The molecule has 0 unspecified atom stereocenters. The predicted molar refractivity (Wildman–Crippen MR) is 36.0 cm³/mol. The maximum absolute atomic E-state index is 9.22. The van der Waals surface area contributed by atoms with Crippen LogP contribution >= 0.6 is 0 Å². The van der Waals surface area contributed by atoms with E-state index >= 15 is 0 Å². The Morgan fingerprint density at radius 3 is 2.50 bits per heavy atom. The second-order valence-corrected chi connectivity index (χ2v) is 3.13. The van der Waals surface area contributed by atoms with Crippen molar-refractivity contribution in [2.24, 2.45) is 5.92 Å². The number of nitrogens with one attached hydrogen (secondary N) is 2. The Morgan fingerprint density at radius 1 is 1.70 bits per heavy atom. The van der Waals surface area contributed by atoms with Crippen molar-refractivity contribution in [1.82, 2.24) is 5.48 Å². The molecule has 0 aromatic carbocycles. The van der Waals surface area contributed by atoms with Crippen LogP contribution < -0.4 is 5.48 Å². The molecule has 0 saturated heterocycles. The smallest absolute Gasteiger partial charge is 0.121 e. The van der Waals surface area contributed by atoms with Gasteiger partial charge in [-0.05, 0) is 19.8 Å². The molecule has 10 heavy (non-hydrogen) atoms. The van der Waals surface area contributed by atoms with Crippen molar-refractivity contribution in [3.63, 3.8) is 0 Å². The van der Waals surface area contributed by atoms with E-state index in [9.17, 15) is 5.11 Å². The Bertz CT molecular complexity index is 148. The molecular weight excluding hydrogens is 132 g/mol. The molecule has 1 fully saturated rings. The van der Waals surface area contributed by atoms with Crippen LogP contribution in [-0.2, 0) is 0 Å². The van der Waals surface area contributed by atoms with Crippen molar-refractivity contribution in [3.05, 3.63) is 0 Å². The summed E-state index contributed by atoms with van der Waals surface area (Å²) < 4.78 is 0. The Labute approximate surface area is 59.3 Å². The molecule has 4 N–H and O–H groups in total. The van der Waals surface area contributed by atoms with E-state index in [2.05, 4.69) is 0 Å². The summed E-state index contributed by atoms with van der Waals surface area (Å²) in [5, 5.41) is 24.6. The first-order chi connectivity index (χ1) is 4.55. The minimum atomic E-state index is -0.617. The van der Waals surface area contributed by atoms with Gasteiger partial charge in [-0.1, -0.05) is 0 Å². The first-order valence-electron chi connectivity index (χ1n) is 3.26. The van der Waals surface area contributed by atoms with Gasteiger partial charge in [0.25, 0.3) is 0 Å². The highest BCUT2D eigenvalue weighted by atomic mass is 16.5. The van der Waals surface area contributed by atoms with Crippen molar-refractivity contribution >= 4 is 5.84 Å². The molecule has 0 spiro atoms. The van der Waals surface area contributed by atoms with Crippen molar-refractivity contribution in [3.8, 4) is 0 Å². The molecule has 0 heterocycles. The molecule has 4 heteroatoms. The van der Waals surface area contributed by atoms with Gasteiger partial charge in [0.05, 0.1) is 5.60 Å². The van der Waals surface area contributed by atoms with E-state index < -0.39 is 5.60 Å². The van der Waals surface area contributed by atoms with Gasteiger partial charge in [-0.15, -0.1) is 0 Å². The summed E-state index contributed by atoms with van der Waals surface area (Å²) in [4.78, 5) is 0. The van der Waals surface area contributed by atoms with E-state index in [-0.39, 0.29) is 11.8 Å². The van der Waals surface area contributed by atoms with Crippen LogP contribution in [0.4, 0.5) is 0 Å². The van der Waals surface area contributed by atoms with Gasteiger partial charge in [-0.2, -0.15) is 0 Å². The first kappa shape index (κ1) is 7.50. The summed E-state index contributed by atoms with van der Waals surface area (Å²) in [7, 11) is 0. The normalized spacial score (nSPS) is 38.5. The molecule has 0 aromatic heterocycles. The zero-order chi connectivity index (χ0) is 7.78. The standard InChI is InChI=1S/C6H12N2O2/c1-6(9)2-4(3-6)5(7)8-10/h4,9-10H,2-3H2,1H3,(H2,7,8). The van der Waals surface area contributed by atoms with Gasteiger partial charge < -0.3 is 5.11 Å². The number of hydrogen-bond donors (Lipinski definition) is 4. The highest BCUT2D eigenvalue weighted by molar-refractivity contribution is 5.81. The van der Waals surface area contributed by atoms with E-state index in [0.29, 0.717) is 12.8 Å². The lowest BCUT2D eigenvalue weighted by Gasteiger charge is -2.40. The molecule has 0 aliphatic heterocycles. The molecule has 1 saturated carbocycles. The van der Waals surface area contributed by atoms with Crippen LogP contribution in [0.2, 0.25) is 0 Å². The van der Waals surface area contributed by atoms with Gasteiger partial charge in [-0.3, -0.25) is 16.1 Å². The Balaban J connectivity index is 2.33. The molecule has 58 valence electrons. The van der Waals surface area contributed by atoms with E-state index in [1.54, 1.807) is 12.4 Å². The van der Waals surface area contributed by atoms with Crippen molar-refractivity contribution in [1.29, 1.82) is 5.41 Å². The summed E-state index contributed by atoms with van der Waals surface area (Å²) in [6, 6.07) is 0. The summed E-state index contributed by atoms with van der Waals surface area (Å²) >= 11 is 0. The number of amidine groups is 1. The molecule has 1 rings (SSSR count). The number of hydroxylamine groups is 1. The molecule has 1 aliphatic carbocycles. The van der Waals surface area contributed by atoms with Gasteiger partial charge in [0.1, 0.15) is 5.84 Å². The summed E-state index contributed by atoms with van der Waals surface area (Å²) in [5.74, 6) is 0.117. The van der Waals surface area contributed by atoms with Gasteiger partial charge in [-0.25, -0.2) is 0 Å². The fraction of sp³-hybridized carbons (Fsp3) is 0.833. The van der Waals surface area contributed by atoms with Gasteiger partial charge >= 0.3 is 0 Å². The van der Waals surface area contributed by atoms with Crippen LogP contribution in [0.1, 0.15) is 19.8 Å². The monoisotopic (exact) mass is 144 g/mol. The molecule has 4 nitrogen and oxygen atoms in total. The maximum atomic E-state index is 9.22. The Hall–Kier alpha value is -0.610. The second-order valence-electron chi connectivity index (χ2n) is 3.13. The van der Waals surface area contributed by atoms with Crippen LogP contribution in [0.3, 0.4) is 0 Å². The minimum Gasteiger partial charge on any atom is -0.390 e. The lowest BCUT2D eigenvalue weighted by Crippen LogP contribution is -2.47. The summed E-state index contributed by atoms with van der Waals surface area (Å²) in [6.07, 6.45) is 1.14. The Morgan fingerprint density at radius 2 is 2.20 bits per heavy atom. The fourth-order valence-corrected chi connectivity index (χ4v) is 1.30. The lowest BCUT2D eigenvalue weighted by molar-refractivity contribution is -0.0387. The highest BCUT2D eigenvalue weighted by Crippen LogP contribution is 2.37. The SMILES string of the molecule is CC1(O)CC(C(=N)NO)C1. The predicted octanol–water partition coefficient (Wildman–Crippen LogP) is 0.103. The van der Waals surface area contributed by atoms with Crippen LogP contribution in [-0.4, -0.2) is 21.8 Å². The topological polar surface area (TPSA) is 76.3 Å². The zero-order valence-electron chi connectivity index (χ0n) is 5.89. The van der Waals surface area contributed by atoms with Crippen LogP contribution in [0.5, 0.6) is 0 Å². The quantitative estimate of drug-likeness (QED) is 0.239. The largest absolute Gasteiger partial charge is 0.390 e. The average Bonchev–Trinajstić information content (AvgIpc) is 1.81. The maximum Gasteiger partial charge on any atom is 0.121 e. The number of hydrogen-bond acceptors (Lipinski definition) is 3. The fourth-order valence-electron chi connectivity index (χ4n) is 1.30. The second kappa shape index (κ2) is 2.21. The van der Waals surface area contributed by atoms with E-state index in [1.807, 2.05) is 0 Å². The van der Waals surface area contributed by atoms with Crippen molar-refractivity contribution in [2.45, 2.75) is 25.4 Å². The van der Waals surface area contributed by atoms with E-state index in [0.717, 1.165) is 0 Å². The Kier molecular flexibility index (Phi) is 1.66. The third-order valence-electron chi connectivity index (χ3n) is 1.90. The van der Waals surface area contributed by atoms with E-state index in [4.69, 9.17) is 10.6 Å². The lowest BCUT2D eigenvalue weighted by atomic mass is 9.72. The molecule has 0 atom stereocenters. The summed E-state index contributed by atoms with van der Waals surface area (Å²) in [5.41, 5.74) is 1.16. The number of aliphatic hydroxyl groups is 1. The third-order valence-corrected chi connectivity index (χ3v) is 1.90. The molecular formula is C6H12N2O2. The highest BCUT2D eigenvalue weighted by Gasteiger charge is 2.40. The third kappa shape index (κ3) is 1.27. The van der Waals surface area contributed by atoms with Crippen LogP contribution in [0, 0.1) is 11.3 Å². The zero-order valence-corrected chi connectivity index (χ0v) is 5.89. The van der Waals surface area contributed by atoms with E-state index in [1.165, 1.54) is 0 Å². The molecule has 1 aliphatic rings. The number of rotatable bonds is 1. The van der Waals surface area contributed by atoms with Crippen LogP contribution in [0.15, 0.2) is 0 Å². The van der Waals surface area contributed by atoms with Crippen molar-refractivity contribution in [2.75, 3.05) is 0 Å². The van der Waals surface area contributed by atoms with Crippen LogP contribution in [0.25, 0.3) is 0 Å². The van der Waals surface area contributed by atoms with Gasteiger partial charge in [0, 0.05) is 5.92 Å². The molecule has 0 aromatic rings. The molecule has 0 radical (unpaired) electrons. The minimum absolute atomic E-state index is 0.0139. The average molecular weight is 144 g/mol. The molecule has 0 amide bonds. The van der Waals surface area contributed by atoms with Crippen molar-refractivity contribution < 1.29 is 10.3 Å². The van der Waals surface area contributed by atoms with Gasteiger partial charge in [0.15, 0.2) is 0 Å². The summed E-state index contributed by atoms with van der Waals surface area (Å²) in [6.45, 7) is 1.73.